The molecule has 0 aliphatic carbocycles. The molecule has 0 aliphatic rings. The van der Waals surface area contributed by atoms with E-state index in [2.05, 4.69) is 20.9 Å². The van der Waals surface area contributed by atoms with Gasteiger partial charge in [-0.2, -0.15) is 0 Å². The van der Waals surface area contributed by atoms with Crippen LogP contribution in [0.5, 0.6) is 0 Å². The standard InChI is InChI=1S/C4H5BrN2/c1-7-3-2-6-4(7)5/h2-3H,1H3/p+1. The molecular weight excluding hydrogens is 156 g/mol. The Morgan fingerprint density at radius 1 is 1.86 bits per heavy atom. The van der Waals surface area contributed by atoms with Crippen molar-refractivity contribution in [1.29, 1.82) is 0 Å². The van der Waals surface area contributed by atoms with Gasteiger partial charge in [0.25, 0.3) is 0 Å². The topological polar surface area (TPSA) is 19.7 Å². The van der Waals surface area contributed by atoms with E-state index >= 15 is 0 Å². The van der Waals surface area contributed by atoms with Crippen LogP contribution in [0.1, 0.15) is 0 Å². The van der Waals surface area contributed by atoms with E-state index in [-0.39, 0.29) is 0 Å². The maximum atomic E-state index is 3.27. The lowest BCUT2D eigenvalue weighted by Crippen LogP contribution is -2.25. The van der Waals surface area contributed by atoms with Crippen LogP contribution in [0.15, 0.2) is 17.1 Å². The van der Waals surface area contributed by atoms with E-state index in [1.165, 1.54) is 0 Å². The minimum Gasteiger partial charge on any atom is -0.238 e. The molecule has 0 fully saturated rings. The van der Waals surface area contributed by atoms with Crippen molar-refractivity contribution in [2.24, 2.45) is 7.05 Å². The molecule has 0 aromatic carbocycles. The van der Waals surface area contributed by atoms with Crippen LogP contribution in [-0.4, -0.2) is 4.98 Å². The van der Waals surface area contributed by atoms with Gasteiger partial charge in [0.1, 0.15) is 12.4 Å². The Labute approximate surface area is 50.3 Å². The van der Waals surface area contributed by atoms with Gasteiger partial charge in [-0.3, -0.25) is 0 Å². The number of imidazole rings is 1. The fourth-order valence-electron chi connectivity index (χ4n) is 0.385. The fraction of sp³-hybridized carbons (Fsp3) is 0.250. The molecule has 7 heavy (non-hydrogen) atoms. The lowest BCUT2D eigenvalue weighted by molar-refractivity contribution is -0.681. The van der Waals surface area contributed by atoms with Crippen LogP contribution in [-0.2, 0) is 7.05 Å². The van der Waals surface area contributed by atoms with Gasteiger partial charge in [-0.15, -0.1) is 0 Å². The highest BCUT2D eigenvalue weighted by Gasteiger charge is 1.95. The number of hydrogen-bond donors (Lipinski definition) is 1. The monoisotopic (exact) mass is 161 g/mol. The van der Waals surface area contributed by atoms with Gasteiger partial charge in [-0.25, -0.2) is 9.55 Å². The van der Waals surface area contributed by atoms with E-state index < -0.39 is 0 Å². The predicted octanol–water partition coefficient (Wildman–Crippen LogP) is 0.602. The fourth-order valence-corrected chi connectivity index (χ4v) is 0.635. The first-order chi connectivity index (χ1) is 3.30. The maximum absolute atomic E-state index is 3.27. The van der Waals surface area contributed by atoms with Crippen LogP contribution in [0.3, 0.4) is 0 Å². The zero-order chi connectivity index (χ0) is 5.28. The molecule has 1 aromatic rings. The number of halogens is 1. The van der Waals surface area contributed by atoms with Crippen LogP contribution in [0.4, 0.5) is 0 Å². The Hall–Kier alpha value is -0.310. The molecule has 2 nitrogen and oxygen atoms in total. The zero-order valence-corrected chi connectivity index (χ0v) is 5.57. The van der Waals surface area contributed by atoms with Crippen molar-refractivity contribution in [2.75, 3.05) is 0 Å². The zero-order valence-electron chi connectivity index (χ0n) is 3.98. The minimum atomic E-state index is 0.993. The molecule has 0 spiro atoms. The SMILES string of the molecule is C[n+]1cc[nH]c1Br. The summed E-state index contributed by atoms with van der Waals surface area (Å²) >= 11 is 3.27. The summed E-state index contributed by atoms with van der Waals surface area (Å²) in [5.74, 6) is 0. The number of aryl methyl sites for hydroxylation is 1. The number of aromatic amines is 1. The van der Waals surface area contributed by atoms with Gasteiger partial charge in [0.2, 0.25) is 0 Å². The average Bonchev–Trinajstić information content (AvgIpc) is 1.91. The lowest BCUT2D eigenvalue weighted by Gasteiger charge is -1.75. The molecule has 1 heterocycles. The third kappa shape index (κ3) is 0.825. The first kappa shape index (κ1) is 4.84. The summed E-state index contributed by atoms with van der Waals surface area (Å²) in [5, 5.41) is 0. The first-order valence-electron chi connectivity index (χ1n) is 1.99. The Bertz CT molecular complexity index is 142. The summed E-state index contributed by atoms with van der Waals surface area (Å²) in [7, 11) is 1.96. The quantitative estimate of drug-likeness (QED) is 0.539. The van der Waals surface area contributed by atoms with Crippen molar-refractivity contribution in [1.82, 2.24) is 4.98 Å². The molecule has 0 amide bonds. The molecule has 1 rings (SSSR count). The van der Waals surface area contributed by atoms with Crippen molar-refractivity contribution >= 4 is 15.9 Å². The van der Waals surface area contributed by atoms with Crippen LogP contribution in [0, 0.1) is 0 Å². The highest BCUT2D eigenvalue weighted by molar-refractivity contribution is 9.10. The summed E-state index contributed by atoms with van der Waals surface area (Å²) in [5.41, 5.74) is 0. The second kappa shape index (κ2) is 1.66. The number of H-pyrrole nitrogens is 1. The predicted molar refractivity (Wildman–Crippen MR) is 29.7 cm³/mol. The molecule has 3 heteroatoms. The van der Waals surface area contributed by atoms with Crippen molar-refractivity contribution in [2.45, 2.75) is 0 Å². The van der Waals surface area contributed by atoms with Crippen molar-refractivity contribution in [3.63, 3.8) is 0 Å². The van der Waals surface area contributed by atoms with Crippen LogP contribution < -0.4 is 4.57 Å². The van der Waals surface area contributed by atoms with Crippen LogP contribution in [0.25, 0.3) is 0 Å². The lowest BCUT2D eigenvalue weighted by atomic mass is 10.9. The van der Waals surface area contributed by atoms with Gasteiger partial charge in [0.15, 0.2) is 0 Å². The number of aromatic nitrogens is 2. The molecule has 38 valence electrons. The van der Waals surface area contributed by atoms with Crippen molar-refractivity contribution in [3.8, 4) is 0 Å². The van der Waals surface area contributed by atoms with E-state index in [9.17, 15) is 0 Å². The highest BCUT2D eigenvalue weighted by atomic mass is 79.9. The summed E-state index contributed by atoms with van der Waals surface area (Å²) in [4.78, 5) is 2.95. The van der Waals surface area contributed by atoms with Crippen molar-refractivity contribution < 1.29 is 4.57 Å². The molecular formula is C4H6BrN2+. The number of rotatable bonds is 0. The third-order valence-electron chi connectivity index (χ3n) is 0.810. The Kier molecular flexibility index (Phi) is 1.15. The second-order valence-electron chi connectivity index (χ2n) is 1.36. The Morgan fingerprint density at radius 3 is 2.71 bits per heavy atom. The summed E-state index contributed by atoms with van der Waals surface area (Å²) in [6.45, 7) is 0. The molecule has 1 N–H and O–H groups in total. The van der Waals surface area contributed by atoms with E-state index in [0.29, 0.717) is 0 Å². The average molecular weight is 162 g/mol. The summed E-state index contributed by atoms with van der Waals surface area (Å²) in [6, 6.07) is 0. The second-order valence-corrected chi connectivity index (χ2v) is 2.11. The largest absolute Gasteiger partial charge is 0.322 e. The molecule has 0 saturated heterocycles. The van der Waals surface area contributed by atoms with Gasteiger partial charge in [-0.1, -0.05) is 0 Å². The first-order valence-corrected chi connectivity index (χ1v) is 2.78. The van der Waals surface area contributed by atoms with Gasteiger partial charge in [0.05, 0.1) is 7.05 Å². The minimum absolute atomic E-state index is 0.993. The third-order valence-corrected chi connectivity index (χ3v) is 1.60. The molecule has 0 radical (unpaired) electrons. The smallest absolute Gasteiger partial charge is 0.238 e. The van der Waals surface area contributed by atoms with E-state index in [4.69, 9.17) is 0 Å². The van der Waals surface area contributed by atoms with Gasteiger partial charge >= 0.3 is 4.73 Å². The number of nitrogens with one attached hydrogen (secondary N) is 1. The van der Waals surface area contributed by atoms with E-state index in [1.807, 2.05) is 24.0 Å². The normalized spacial score (nSPS) is 9.43. The van der Waals surface area contributed by atoms with Crippen molar-refractivity contribution in [3.05, 3.63) is 17.1 Å². The highest BCUT2D eigenvalue weighted by Crippen LogP contribution is 1.92. The number of nitrogens with zero attached hydrogens (tertiary/aromatic N) is 1. The summed E-state index contributed by atoms with van der Waals surface area (Å²) in [6.07, 6.45) is 3.80. The van der Waals surface area contributed by atoms with Gasteiger partial charge < -0.3 is 0 Å². The number of hydrogen-bond acceptors (Lipinski definition) is 0. The van der Waals surface area contributed by atoms with Gasteiger partial charge in [-0.05, 0) is 0 Å². The molecule has 0 atom stereocenters. The Morgan fingerprint density at radius 2 is 2.57 bits per heavy atom. The molecule has 0 aliphatic heterocycles. The van der Waals surface area contributed by atoms with Crippen LogP contribution >= 0.6 is 15.9 Å². The van der Waals surface area contributed by atoms with Crippen LogP contribution in [0.2, 0.25) is 0 Å². The molecule has 1 aromatic heterocycles. The molecule has 0 unspecified atom stereocenters. The molecule has 0 saturated carbocycles. The maximum Gasteiger partial charge on any atom is 0.322 e. The van der Waals surface area contributed by atoms with E-state index in [1.54, 1.807) is 0 Å². The Balaban J connectivity index is 3.12. The summed E-state index contributed by atoms with van der Waals surface area (Å²) < 4.78 is 2.94. The molecule has 0 bridgehead atoms. The van der Waals surface area contributed by atoms with E-state index in [0.717, 1.165) is 4.73 Å². The van der Waals surface area contributed by atoms with Gasteiger partial charge in [0, 0.05) is 15.9 Å².